The smallest absolute Gasteiger partial charge is 0.251 e. The minimum Gasteiger partial charge on any atom is -0.350 e. The van der Waals surface area contributed by atoms with Gasteiger partial charge in [0.05, 0.1) is 0 Å². The fourth-order valence-corrected chi connectivity index (χ4v) is 3.97. The van der Waals surface area contributed by atoms with Crippen molar-refractivity contribution in [3.05, 3.63) is 47.0 Å². The number of nitrogens with one attached hydrogen (secondary N) is 2. The predicted octanol–water partition coefficient (Wildman–Crippen LogP) is 2.32. The van der Waals surface area contributed by atoms with E-state index in [2.05, 4.69) is 20.5 Å². The van der Waals surface area contributed by atoms with E-state index in [9.17, 15) is 9.59 Å². The van der Waals surface area contributed by atoms with Gasteiger partial charge in [-0.1, -0.05) is 12.1 Å². The van der Waals surface area contributed by atoms with E-state index in [0.29, 0.717) is 18.2 Å². The van der Waals surface area contributed by atoms with E-state index in [0.717, 1.165) is 42.9 Å². The van der Waals surface area contributed by atoms with Gasteiger partial charge in [0.15, 0.2) is 5.13 Å². The average Bonchev–Trinajstić information content (AvgIpc) is 3.14. The number of aromatic nitrogens is 1. The van der Waals surface area contributed by atoms with Gasteiger partial charge in [0.2, 0.25) is 5.91 Å². The Bertz CT molecular complexity index is 789. The van der Waals surface area contributed by atoms with Crippen molar-refractivity contribution in [2.45, 2.75) is 44.3 Å². The monoisotopic (exact) mass is 370 g/mol. The maximum absolute atomic E-state index is 12.6. The molecule has 1 atom stereocenters. The molecule has 2 amide bonds. The highest BCUT2D eigenvalue weighted by Gasteiger charge is 2.32. The zero-order valence-electron chi connectivity index (χ0n) is 14.5. The molecule has 1 aromatic carbocycles. The van der Waals surface area contributed by atoms with Crippen LogP contribution in [0, 0.1) is 0 Å². The molecular formula is C19H22N4O2S. The van der Waals surface area contributed by atoms with Crippen molar-refractivity contribution in [2.75, 3.05) is 11.4 Å². The first-order valence-corrected chi connectivity index (χ1v) is 9.92. The van der Waals surface area contributed by atoms with Crippen LogP contribution >= 0.6 is 11.3 Å². The molecule has 2 heterocycles. The quantitative estimate of drug-likeness (QED) is 0.818. The maximum atomic E-state index is 12.6. The summed E-state index contributed by atoms with van der Waals surface area (Å²) in [7, 11) is 0. The number of amides is 2. The molecule has 0 radical (unpaired) electrons. The van der Waals surface area contributed by atoms with Crippen molar-refractivity contribution >= 4 is 28.3 Å². The summed E-state index contributed by atoms with van der Waals surface area (Å²) in [6.45, 7) is 1.29. The summed E-state index contributed by atoms with van der Waals surface area (Å²) in [4.78, 5) is 31.2. The molecule has 136 valence electrons. The molecule has 1 saturated heterocycles. The molecule has 1 aliphatic carbocycles. The van der Waals surface area contributed by atoms with E-state index < -0.39 is 0 Å². The molecule has 0 spiro atoms. The molecular weight excluding hydrogens is 348 g/mol. The summed E-state index contributed by atoms with van der Waals surface area (Å²) in [6, 6.07) is 7.63. The largest absolute Gasteiger partial charge is 0.350 e. The van der Waals surface area contributed by atoms with Crippen molar-refractivity contribution in [3.63, 3.8) is 0 Å². The zero-order valence-corrected chi connectivity index (χ0v) is 15.3. The first-order valence-electron chi connectivity index (χ1n) is 9.04. The van der Waals surface area contributed by atoms with Crippen molar-refractivity contribution in [1.82, 2.24) is 15.6 Å². The Morgan fingerprint density at radius 2 is 2.15 bits per heavy atom. The van der Waals surface area contributed by atoms with Crippen LogP contribution < -0.4 is 15.5 Å². The molecule has 1 aromatic heterocycles. The third-order valence-corrected chi connectivity index (χ3v) is 5.60. The van der Waals surface area contributed by atoms with E-state index in [1.807, 2.05) is 29.6 Å². The molecule has 7 heteroatoms. The summed E-state index contributed by atoms with van der Waals surface area (Å²) < 4.78 is 0. The van der Waals surface area contributed by atoms with Gasteiger partial charge in [-0.25, -0.2) is 4.98 Å². The van der Waals surface area contributed by atoms with E-state index in [4.69, 9.17) is 0 Å². The Kier molecular flexibility index (Phi) is 4.88. The Morgan fingerprint density at radius 1 is 1.27 bits per heavy atom. The van der Waals surface area contributed by atoms with E-state index >= 15 is 0 Å². The van der Waals surface area contributed by atoms with Crippen LogP contribution in [0.3, 0.4) is 0 Å². The highest BCUT2D eigenvalue weighted by atomic mass is 32.1. The van der Waals surface area contributed by atoms with Crippen molar-refractivity contribution in [3.8, 4) is 0 Å². The second-order valence-electron chi connectivity index (χ2n) is 6.83. The number of benzene rings is 1. The normalized spacial score (nSPS) is 19.4. The lowest BCUT2D eigenvalue weighted by Crippen LogP contribution is -2.43. The number of hydrogen-bond acceptors (Lipinski definition) is 5. The Labute approximate surface area is 156 Å². The minimum absolute atomic E-state index is 0.0190. The average molecular weight is 370 g/mol. The van der Waals surface area contributed by atoms with Crippen LogP contribution in [0.2, 0.25) is 0 Å². The highest BCUT2D eigenvalue weighted by Crippen LogP contribution is 2.27. The number of anilines is 1. The molecule has 1 saturated carbocycles. The summed E-state index contributed by atoms with van der Waals surface area (Å²) >= 11 is 1.56. The molecule has 0 bridgehead atoms. The third-order valence-electron chi connectivity index (χ3n) is 4.79. The van der Waals surface area contributed by atoms with Crippen LogP contribution in [-0.2, 0) is 11.3 Å². The maximum Gasteiger partial charge on any atom is 0.251 e. The van der Waals surface area contributed by atoms with Gasteiger partial charge in [-0.05, 0) is 43.4 Å². The first-order chi connectivity index (χ1) is 12.7. The van der Waals surface area contributed by atoms with Gasteiger partial charge in [-0.2, -0.15) is 0 Å². The lowest BCUT2D eigenvalue weighted by atomic mass is 10.1. The molecule has 4 rings (SSSR count). The molecule has 2 aromatic rings. The third kappa shape index (κ3) is 3.88. The Balaban J connectivity index is 1.36. The second kappa shape index (κ2) is 7.45. The standard InChI is InChI=1S/C19H22N4O2S/c24-17(22-15-6-7-15)14-4-1-3-13(11-14)12-21-18(25)16-5-2-9-23(16)19-20-8-10-26-19/h1,3-4,8,10-11,15-16H,2,5-7,9,12H2,(H,21,25)(H,22,24)/t16-/m0/s1. The molecule has 2 N–H and O–H groups in total. The van der Waals surface area contributed by atoms with Crippen LogP contribution in [0.15, 0.2) is 35.8 Å². The molecule has 2 fully saturated rings. The van der Waals surface area contributed by atoms with Crippen LogP contribution in [0.25, 0.3) is 0 Å². The van der Waals surface area contributed by atoms with E-state index in [1.165, 1.54) is 0 Å². The highest BCUT2D eigenvalue weighted by molar-refractivity contribution is 7.13. The zero-order chi connectivity index (χ0) is 17.9. The molecule has 1 aliphatic heterocycles. The fourth-order valence-electron chi connectivity index (χ4n) is 3.25. The molecule has 26 heavy (non-hydrogen) atoms. The van der Waals surface area contributed by atoms with Gasteiger partial charge in [0.25, 0.3) is 5.91 Å². The fraction of sp³-hybridized carbons (Fsp3) is 0.421. The number of hydrogen-bond donors (Lipinski definition) is 2. The SMILES string of the molecule is O=C(NC1CC1)c1cccc(CNC(=O)[C@@H]2CCCN2c2nccs2)c1. The summed E-state index contributed by atoms with van der Waals surface area (Å²) in [5.41, 5.74) is 1.58. The topological polar surface area (TPSA) is 74.3 Å². The first kappa shape index (κ1) is 17.0. The van der Waals surface area contributed by atoms with Crippen molar-refractivity contribution < 1.29 is 9.59 Å². The lowest BCUT2D eigenvalue weighted by Gasteiger charge is -2.23. The van der Waals surface area contributed by atoms with E-state index in [1.54, 1.807) is 17.5 Å². The Hall–Kier alpha value is -2.41. The predicted molar refractivity (Wildman–Crippen MR) is 101 cm³/mol. The van der Waals surface area contributed by atoms with Crippen molar-refractivity contribution in [1.29, 1.82) is 0 Å². The van der Waals surface area contributed by atoms with Crippen molar-refractivity contribution in [2.24, 2.45) is 0 Å². The molecule has 2 aliphatic rings. The van der Waals surface area contributed by atoms with E-state index in [-0.39, 0.29) is 17.9 Å². The number of thiazole rings is 1. The summed E-state index contributed by atoms with van der Waals surface area (Å²) in [6.07, 6.45) is 5.74. The Morgan fingerprint density at radius 3 is 2.92 bits per heavy atom. The van der Waals surface area contributed by atoms with Gasteiger partial charge in [-0.15, -0.1) is 11.3 Å². The number of rotatable bonds is 6. The van der Waals surface area contributed by atoms with Crippen LogP contribution in [0.5, 0.6) is 0 Å². The van der Waals surface area contributed by atoms with Gasteiger partial charge in [0.1, 0.15) is 6.04 Å². The van der Waals surface area contributed by atoms with Gasteiger partial charge in [-0.3, -0.25) is 9.59 Å². The second-order valence-corrected chi connectivity index (χ2v) is 7.71. The van der Waals surface area contributed by atoms with Crippen LogP contribution in [0.4, 0.5) is 5.13 Å². The lowest BCUT2D eigenvalue weighted by molar-refractivity contribution is -0.122. The summed E-state index contributed by atoms with van der Waals surface area (Å²) in [5.74, 6) is -0.0167. The molecule has 0 unspecified atom stereocenters. The summed E-state index contributed by atoms with van der Waals surface area (Å²) in [5, 5.41) is 8.84. The molecule has 6 nitrogen and oxygen atoms in total. The van der Waals surface area contributed by atoms with Crippen LogP contribution in [-0.4, -0.2) is 35.4 Å². The van der Waals surface area contributed by atoms with Gasteiger partial charge in [0, 0.05) is 36.3 Å². The number of carbonyl (C=O) groups excluding carboxylic acids is 2. The number of carbonyl (C=O) groups is 2. The minimum atomic E-state index is -0.164. The number of nitrogens with zero attached hydrogens (tertiary/aromatic N) is 2. The van der Waals surface area contributed by atoms with Gasteiger partial charge < -0.3 is 15.5 Å². The van der Waals surface area contributed by atoms with Gasteiger partial charge >= 0.3 is 0 Å². The van der Waals surface area contributed by atoms with Crippen LogP contribution in [0.1, 0.15) is 41.6 Å².